The molecular weight excluding hydrogens is 298 g/mol. The summed E-state index contributed by atoms with van der Waals surface area (Å²) in [4.78, 5) is 12.9. The number of nitrogens with one attached hydrogen (secondary N) is 1. The molecule has 100 valence electrons. The average molecular weight is 311 g/mol. The fourth-order valence-corrected chi connectivity index (χ4v) is 3.36. The number of nitrogens with zero attached hydrogens (tertiary/aromatic N) is 2. The zero-order valence-corrected chi connectivity index (χ0v) is 13.0. The van der Waals surface area contributed by atoms with E-state index in [4.69, 9.17) is 0 Å². The second kappa shape index (κ2) is 6.93. The Bertz CT molecular complexity index is 554. The van der Waals surface area contributed by atoms with E-state index in [2.05, 4.69) is 15.5 Å². The van der Waals surface area contributed by atoms with E-state index in [-0.39, 0.29) is 5.91 Å². The molecule has 0 atom stereocenters. The second-order valence-corrected chi connectivity index (χ2v) is 6.94. The third-order valence-corrected chi connectivity index (χ3v) is 4.92. The lowest BCUT2D eigenvalue weighted by Gasteiger charge is -2.04. The van der Waals surface area contributed by atoms with Gasteiger partial charge in [0.15, 0.2) is 4.34 Å². The Morgan fingerprint density at radius 2 is 2.05 bits per heavy atom. The SMILES string of the molecule is CSc1ccc(NC(=O)CSc2nnc(C)s2)cc1. The summed E-state index contributed by atoms with van der Waals surface area (Å²) < 4.78 is 0.824. The summed E-state index contributed by atoms with van der Waals surface area (Å²) in [5, 5.41) is 11.6. The van der Waals surface area contributed by atoms with Gasteiger partial charge >= 0.3 is 0 Å². The van der Waals surface area contributed by atoms with Gasteiger partial charge < -0.3 is 5.32 Å². The van der Waals surface area contributed by atoms with Crippen molar-refractivity contribution in [2.45, 2.75) is 16.2 Å². The van der Waals surface area contributed by atoms with Crippen molar-refractivity contribution < 1.29 is 4.79 Å². The van der Waals surface area contributed by atoms with E-state index < -0.39 is 0 Å². The van der Waals surface area contributed by atoms with E-state index in [1.54, 1.807) is 11.8 Å². The number of aromatic nitrogens is 2. The monoisotopic (exact) mass is 311 g/mol. The predicted molar refractivity (Wildman–Crippen MR) is 82.2 cm³/mol. The van der Waals surface area contributed by atoms with Gasteiger partial charge in [-0.3, -0.25) is 4.79 Å². The van der Waals surface area contributed by atoms with E-state index in [1.165, 1.54) is 28.0 Å². The van der Waals surface area contributed by atoms with Crippen LogP contribution in [0.2, 0.25) is 0 Å². The first-order valence-electron chi connectivity index (χ1n) is 5.54. The first kappa shape index (κ1) is 14.4. The minimum atomic E-state index is -0.0326. The summed E-state index contributed by atoms with van der Waals surface area (Å²) in [5.74, 6) is 0.314. The van der Waals surface area contributed by atoms with Crippen molar-refractivity contribution >= 4 is 46.5 Å². The van der Waals surface area contributed by atoms with E-state index in [9.17, 15) is 4.79 Å². The van der Waals surface area contributed by atoms with Crippen molar-refractivity contribution in [1.29, 1.82) is 0 Å². The lowest BCUT2D eigenvalue weighted by atomic mass is 10.3. The number of hydrogen-bond donors (Lipinski definition) is 1. The molecule has 0 spiro atoms. The largest absolute Gasteiger partial charge is 0.325 e. The fourth-order valence-electron chi connectivity index (χ4n) is 1.34. The molecular formula is C12H13N3OS3. The molecule has 1 heterocycles. The Hall–Kier alpha value is -1.05. The van der Waals surface area contributed by atoms with Crippen molar-refractivity contribution in [3.05, 3.63) is 29.3 Å². The van der Waals surface area contributed by atoms with Gasteiger partial charge in [0.1, 0.15) is 5.01 Å². The van der Waals surface area contributed by atoms with Crippen LogP contribution in [0, 0.1) is 6.92 Å². The quantitative estimate of drug-likeness (QED) is 0.859. The number of rotatable bonds is 5. The van der Waals surface area contributed by atoms with Crippen LogP contribution < -0.4 is 5.32 Å². The standard InChI is InChI=1S/C12H13N3OS3/c1-8-14-15-12(19-8)18-7-11(16)13-9-3-5-10(17-2)6-4-9/h3-6H,7H2,1-2H3,(H,13,16). The van der Waals surface area contributed by atoms with Gasteiger partial charge in [-0.1, -0.05) is 23.1 Å². The number of thioether (sulfide) groups is 2. The van der Waals surface area contributed by atoms with Gasteiger partial charge in [-0.15, -0.1) is 22.0 Å². The van der Waals surface area contributed by atoms with E-state index in [0.29, 0.717) is 5.75 Å². The predicted octanol–water partition coefficient (Wildman–Crippen LogP) is 3.30. The molecule has 7 heteroatoms. The Morgan fingerprint density at radius 3 is 2.63 bits per heavy atom. The molecule has 2 aromatic rings. The lowest BCUT2D eigenvalue weighted by molar-refractivity contribution is -0.113. The van der Waals surface area contributed by atoms with Gasteiger partial charge in [0, 0.05) is 10.6 Å². The highest BCUT2D eigenvalue weighted by Gasteiger charge is 2.06. The molecule has 0 radical (unpaired) electrons. The molecule has 19 heavy (non-hydrogen) atoms. The highest BCUT2D eigenvalue weighted by Crippen LogP contribution is 2.22. The Balaban J connectivity index is 1.83. The molecule has 0 saturated carbocycles. The van der Waals surface area contributed by atoms with Crippen LogP contribution in [0.5, 0.6) is 0 Å². The average Bonchev–Trinajstić information content (AvgIpc) is 2.83. The van der Waals surface area contributed by atoms with Crippen LogP contribution in [0.4, 0.5) is 5.69 Å². The van der Waals surface area contributed by atoms with Gasteiger partial charge in [-0.25, -0.2) is 0 Å². The first-order chi connectivity index (χ1) is 9.17. The van der Waals surface area contributed by atoms with Crippen LogP contribution in [0.15, 0.2) is 33.5 Å². The van der Waals surface area contributed by atoms with E-state index in [1.807, 2.05) is 37.4 Å². The maximum absolute atomic E-state index is 11.8. The van der Waals surface area contributed by atoms with Crippen LogP contribution in [0.1, 0.15) is 5.01 Å². The fraction of sp³-hybridized carbons (Fsp3) is 0.250. The smallest absolute Gasteiger partial charge is 0.234 e. The number of carbonyl (C=O) groups excluding carboxylic acids is 1. The van der Waals surface area contributed by atoms with Crippen LogP contribution in [-0.2, 0) is 4.79 Å². The zero-order chi connectivity index (χ0) is 13.7. The summed E-state index contributed by atoms with van der Waals surface area (Å²) in [7, 11) is 0. The number of benzene rings is 1. The van der Waals surface area contributed by atoms with Gasteiger partial charge in [0.25, 0.3) is 0 Å². The second-order valence-electron chi connectivity index (χ2n) is 3.65. The van der Waals surface area contributed by atoms with Crippen molar-refractivity contribution in [1.82, 2.24) is 10.2 Å². The Morgan fingerprint density at radius 1 is 1.32 bits per heavy atom. The Kier molecular flexibility index (Phi) is 5.24. The van der Waals surface area contributed by atoms with Crippen molar-refractivity contribution in [3.8, 4) is 0 Å². The summed E-state index contributed by atoms with van der Waals surface area (Å²) in [6, 6.07) is 7.79. The van der Waals surface area contributed by atoms with E-state index >= 15 is 0 Å². The molecule has 0 fully saturated rings. The number of aryl methyl sites for hydroxylation is 1. The number of hydrogen-bond acceptors (Lipinski definition) is 6. The van der Waals surface area contributed by atoms with Gasteiger partial charge in [-0.05, 0) is 37.4 Å². The number of carbonyl (C=O) groups is 1. The molecule has 1 aromatic heterocycles. The maximum atomic E-state index is 11.8. The highest BCUT2D eigenvalue weighted by atomic mass is 32.2. The Labute approximate surface area is 124 Å². The molecule has 0 unspecified atom stereocenters. The lowest BCUT2D eigenvalue weighted by Crippen LogP contribution is -2.13. The minimum Gasteiger partial charge on any atom is -0.325 e. The van der Waals surface area contributed by atoms with E-state index in [0.717, 1.165) is 15.0 Å². The summed E-state index contributed by atoms with van der Waals surface area (Å²) in [6.07, 6.45) is 2.02. The van der Waals surface area contributed by atoms with Crippen molar-refractivity contribution in [3.63, 3.8) is 0 Å². The highest BCUT2D eigenvalue weighted by molar-refractivity contribution is 8.01. The normalized spacial score (nSPS) is 10.4. The molecule has 1 aromatic carbocycles. The van der Waals surface area contributed by atoms with Crippen molar-refractivity contribution in [2.24, 2.45) is 0 Å². The third-order valence-electron chi connectivity index (χ3n) is 2.21. The molecule has 2 rings (SSSR count). The van der Waals surface area contributed by atoms with Gasteiger partial charge in [-0.2, -0.15) is 0 Å². The topological polar surface area (TPSA) is 54.9 Å². The minimum absolute atomic E-state index is 0.0326. The van der Waals surface area contributed by atoms with Crippen LogP contribution >= 0.6 is 34.9 Å². The molecule has 0 aliphatic rings. The van der Waals surface area contributed by atoms with Gasteiger partial charge in [0.2, 0.25) is 5.91 Å². The van der Waals surface area contributed by atoms with Gasteiger partial charge in [0.05, 0.1) is 5.75 Å². The summed E-state index contributed by atoms with van der Waals surface area (Å²) in [5.41, 5.74) is 0.817. The number of amides is 1. The molecule has 0 aliphatic carbocycles. The van der Waals surface area contributed by atoms with Crippen LogP contribution in [-0.4, -0.2) is 28.1 Å². The molecule has 0 bridgehead atoms. The molecule has 0 aliphatic heterocycles. The summed E-state index contributed by atoms with van der Waals surface area (Å²) >= 11 is 4.58. The number of anilines is 1. The molecule has 0 saturated heterocycles. The third kappa shape index (κ3) is 4.52. The zero-order valence-electron chi connectivity index (χ0n) is 10.5. The van der Waals surface area contributed by atoms with Crippen molar-refractivity contribution in [2.75, 3.05) is 17.3 Å². The molecule has 4 nitrogen and oxygen atoms in total. The first-order valence-corrected chi connectivity index (χ1v) is 8.57. The van der Waals surface area contributed by atoms with Crippen LogP contribution in [0.3, 0.4) is 0 Å². The molecule has 1 N–H and O–H groups in total. The molecule has 1 amide bonds. The summed E-state index contributed by atoms with van der Waals surface area (Å²) in [6.45, 7) is 1.90. The van der Waals surface area contributed by atoms with Crippen LogP contribution in [0.25, 0.3) is 0 Å². The maximum Gasteiger partial charge on any atom is 0.234 e.